The van der Waals surface area contributed by atoms with E-state index in [-0.39, 0.29) is 6.04 Å². The molecule has 78 valence electrons. The molecule has 0 saturated carbocycles. The number of hydrogen-bond donors (Lipinski definition) is 3. The highest BCUT2D eigenvalue weighted by atomic mass is 14.9. The van der Waals surface area contributed by atoms with Gasteiger partial charge in [0.05, 0.1) is 0 Å². The maximum absolute atomic E-state index is 5.95. The summed E-state index contributed by atoms with van der Waals surface area (Å²) in [4.78, 5) is 0. The zero-order valence-electron chi connectivity index (χ0n) is 8.88. The van der Waals surface area contributed by atoms with Gasteiger partial charge in [-0.15, -0.1) is 0 Å². The molecule has 1 rings (SSSR count). The van der Waals surface area contributed by atoms with Crippen LogP contribution in [0.4, 0.5) is 0 Å². The highest BCUT2D eigenvalue weighted by Gasteiger charge is 2.03. The van der Waals surface area contributed by atoms with Gasteiger partial charge in [-0.3, -0.25) is 0 Å². The molecule has 0 aliphatic heterocycles. The summed E-state index contributed by atoms with van der Waals surface area (Å²) in [5.74, 6) is 0. The quantitative estimate of drug-likeness (QED) is 0.642. The van der Waals surface area contributed by atoms with Crippen LogP contribution in [0, 0.1) is 0 Å². The van der Waals surface area contributed by atoms with E-state index in [1.807, 2.05) is 14.1 Å². The molecule has 4 N–H and O–H groups in total. The first kappa shape index (κ1) is 11.2. The van der Waals surface area contributed by atoms with Gasteiger partial charge in [-0.1, -0.05) is 24.3 Å². The number of nitrogens with two attached hydrogens (primary N) is 1. The van der Waals surface area contributed by atoms with Gasteiger partial charge in [0.25, 0.3) is 0 Å². The van der Waals surface area contributed by atoms with E-state index in [2.05, 4.69) is 34.9 Å². The monoisotopic (exact) mass is 193 g/mol. The second-order valence-electron chi connectivity index (χ2n) is 3.44. The van der Waals surface area contributed by atoms with Crippen molar-refractivity contribution in [3.05, 3.63) is 35.4 Å². The molecule has 0 bridgehead atoms. The molecule has 1 atom stereocenters. The van der Waals surface area contributed by atoms with E-state index in [4.69, 9.17) is 5.73 Å². The van der Waals surface area contributed by atoms with Gasteiger partial charge in [-0.25, -0.2) is 0 Å². The van der Waals surface area contributed by atoms with Gasteiger partial charge in [-0.05, 0) is 25.2 Å². The fourth-order valence-corrected chi connectivity index (χ4v) is 1.42. The molecule has 14 heavy (non-hydrogen) atoms. The predicted molar refractivity (Wildman–Crippen MR) is 60.1 cm³/mol. The molecule has 1 unspecified atom stereocenters. The standard InChI is InChI=1S/C11H19N3/c1-13-7-9-3-5-10(6-4-9)11(12)8-14-2/h3-6,11,13-14H,7-8,12H2,1-2H3. The molecule has 0 aliphatic carbocycles. The Labute approximate surface area is 85.7 Å². The average Bonchev–Trinajstić information content (AvgIpc) is 2.20. The molecular weight excluding hydrogens is 174 g/mol. The van der Waals surface area contributed by atoms with E-state index >= 15 is 0 Å². The van der Waals surface area contributed by atoms with E-state index in [0.717, 1.165) is 13.1 Å². The number of rotatable bonds is 5. The molecule has 1 aromatic rings. The second-order valence-corrected chi connectivity index (χ2v) is 3.44. The Balaban J connectivity index is 2.62. The minimum absolute atomic E-state index is 0.0867. The summed E-state index contributed by atoms with van der Waals surface area (Å²) >= 11 is 0. The smallest absolute Gasteiger partial charge is 0.0421 e. The van der Waals surface area contributed by atoms with Gasteiger partial charge in [0.1, 0.15) is 0 Å². The fourth-order valence-electron chi connectivity index (χ4n) is 1.42. The molecule has 0 saturated heterocycles. The molecule has 3 heteroatoms. The molecule has 1 aromatic carbocycles. The van der Waals surface area contributed by atoms with Crippen LogP contribution in [0.3, 0.4) is 0 Å². The highest BCUT2D eigenvalue weighted by molar-refractivity contribution is 5.24. The Kier molecular flexibility index (Phi) is 4.59. The van der Waals surface area contributed by atoms with Gasteiger partial charge in [0.15, 0.2) is 0 Å². The summed E-state index contributed by atoms with van der Waals surface area (Å²) < 4.78 is 0. The molecule has 0 heterocycles. The number of benzene rings is 1. The van der Waals surface area contributed by atoms with Gasteiger partial charge >= 0.3 is 0 Å². The third kappa shape index (κ3) is 3.10. The summed E-state index contributed by atoms with van der Waals surface area (Å²) in [7, 11) is 3.86. The van der Waals surface area contributed by atoms with Gasteiger partial charge < -0.3 is 16.4 Å². The highest BCUT2D eigenvalue weighted by Crippen LogP contribution is 2.10. The second kappa shape index (κ2) is 5.75. The molecule has 3 nitrogen and oxygen atoms in total. The van der Waals surface area contributed by atoms with Crippen LogP contribution >= 0.6 is 0 Å². The Morgan fingerprint density at radius 2 is 1.79 bits per heavy atom. The fraction of sp³-hybridized carbons (Fsp3) is 0.455. The summed E-state index contributed by atoms with van der Waals surface area (Å²) in [6, 6.07) is 8.50. The summed E-state index contributed by atoms with van der Waals surface area (Å²) in [6.07, 6.45) is 0. The lowest BCUT2D eigenvalue weighted by atomic mass is 10.1. The largest absolute Gasteiger partial charge is 0.323 e. The normalized spacial score (nSPS) is 12.8. The predicted octanol–water partition coefficient (Wildman–Crippen LogP) is 0.625. The number of nitrogens with one attached hydrogen (secondary N) is 2. The van der Waals surface area contributed by atoms with Crippen LogP contribution in [0.5, 0.6) is 0 Å². The van der Waals surface area contributed by atoms with E-state index in [1.54, 1.807) is 0 Å². The molecule has 0 aromatic heterocycles. The van der Waals surface area contributed by atoms with E-state index < -0.39 is 0 Å². The van der Waals surface area contributed by atoms with Crippen molar-refractivity contribution < 1.29 is 0 Å². The number of hydrogen-bond acceptors (Lipinski definition) is 3. The summed E-state index contributed by atoms with van der Waals surface area (Å²) in [5.41, 5.74) is 8.42. The Bertz CT molecular complexity index is 256. The van der Waals surface area contributed by atoms with Crippen molar-refractivity contribution in [1.29, 1.82) is 0 Å². The summed E-state index contributed by atoms with van der Waals surface area (Å²) in [5, 5.41) is 6.18. The molecule has 0 fully saturated rings. The lowest BCUT2D eigenvalue weighted by Gasteiger charge is -2.11. The van der Waals surface area contributed by atoms with Gasteiger partial charge in [0, 0.05) is 19.1 Å². The maximum atomic E-state index is 5.95. The van der Waals surface area contributed by atoms with Crippen molar-refractivity contribution in [3.63, 3.8) is 0 Å². The van der Waals surface area contributed by atoms with Crippen LogP contribution in [0.15, 0.2) is 24.3 Å². The Morgan fingerprint density at radius 1 is 1.14 bits per heavy atom. The van der Waals surface area contributed by atoms with Crippen molar-refractivity contribution in [2.75, 3.05) is 20.6 Å². The minimum atomic E-state index is 0.0867. The van der Waals surface area contributed by atoms with E-state index in [0.29, 0.717) is 0 Å². The van der Waals surface area contributed by atoms with Crippen LogP contribution in [0.1, 0.15) is 17.2 Å². The van der Waals surface area contributed by atoms with Gasteiger partial charge in [-0.2, -0.15) is 0 Å². The van der Waals surface area contributed by atoms with Crippen LogP contribution < -0.4 is 16.4 Å². The van der Waals surface area contributed by atoms with Crippen molar-refractivity contribution >= 4 is 0 Å². The van der Waals surface area contributed by atoms with Crippen molar-refractivity contribution in [1.82, 2.24) is 10.6 Å². The first-order chi connectivity index (χ1) is 6.77. The molecule has 0 aliphatic rings. The average molecular weight is 193 g/mol. The SMILES string of the molecule is CNCc1ccc(C(N)CNC)cc1. The zero-order valence-corrected chi connectivity index (χ0v) is 8.88. The Hall–Kier alpha value is -0.900. The third-order valence-corrected chi connectivity index (χ3v) is 2.21. The molecule has 0 radical (unpaired) electrons. The lowest BCUT2D eigenvalue weighted by molar-refractivity contribution is 0.652. The lowest BCUT2D eigenvalue weighted by Crippen LogP contribution is -2.23. The molecule has 0 amide bonds. The third-order valence-electron chi connectivity index (χ3n) is 2.21. The summed E-state index contributed by atoms with van der Waals surface area (Å²) in [6.45, 7) is 1.72. The van der Waals surface area contributed by atoms with Crippen LogP contribution in [-0.2, 0) is 6.54 Å². The van der Waals surface area contributed by atoms with E-state index in [9.17, 15) is 0 Å². The topological polar surface area (TPSA) is 50.1 Å². The van der Waals surface area contributed by atoms with Crippen molar-refractivity contribution in [3.8, 4) is 0 Å². The molecular formula is C11H19N3. The van der Waals surface area contributed by atoms with Crippen LogP contribution in [-0.4, -0.2) is 20.6 Å². The number of likely N-dealkylation sites (N-methyl/N-ethyl adjacent to an activating group) is 1. The van der Waals surface area contributed by atoms with Crippen molar-refractivity contribution in [2.24, 2.45) is 5.73 Å². The zero-order chi connectivity index (χ0) is 10.4. The van der Waals surface area contributed by atoms with Crippen molar-refractivity contribution in [2.45, 2.75) is 12.6 Å². The van der Waals surface area contributed by atoms with Crippen LogP contribution in [0.25, 0.3) is 0 Å². The first-order valence-corrected chi connectivity index (χ1v) is 4.91. The maximum Gasteiger partial charge on any atom is 0.0421 e. The molecule has 0 spiro atoms. The first-order valence-electron chi connectivity index (χ1n) is 4.91. The van der Waals surface area contributed by atoms with Crippen LogP contribution in [0.2, 0.25) is 0 Å². The van der Waals surface area contributed by atoms with E-state index in [1.165, 1.54) is 11.1 Å². The Morgan fingerprint density at radius 3 is 2.29 bits per heavy atom. The van der Waals surface area contributed by atoms with Gasteiger partial charge in [0.2, 0.25) is 0 Å². The minimum Gasteiger partial charge on any atom is -0.323 e.